The molecular formula is C12H20O6. The van der Waals surface area contributed by atoms with Crippen LogP contribution in [-0.2, 0) is 14.5 Å². The Morgan fingerprint density at radius 1 is 1.17 bits per heavy atom. The van der Waals surface area contributed by atoms with Crippen LogP contribution in [0.4, 0.5) is 9.59 Å². The van der Waals surface area contributed by atoms with Gasteiger partial charge in [0.1, 0.15) is 6.10 Å². The molecule has 0 aromatic rings. The minimum Gasteiger partial charge on any atom is -0.447 e. The smallest absolute Gasteiger partial charge is 0.447 e. The van der Waals surface area contributed by atoms with Crippen molar-refractivity contribution in [3.05, 3.63) is 0 Å². The summed E-state index contributed by atoms with van der Waals surface area (Å²) in [4.78, 5) is 28.7. The van der Waals surface area contributed by atoms with Crippen LogP contribution in [0, 0.1) is 5.41 Å². The van der Waals surface area contributed by atoms with Crippen LogP contribution in [0.15, 0.2) is 0 Å². The Balaban J connectivity index is 2.31. The molecule has 18 heavy (non-hydrogen) atoms. The van der Waals surface area contributed by atoms with E-state index in [-0.39, 0.29) is 6.10 Å². The van der Waals surface area contributed by atoms with Crippen molar-refractivity contribution in [2.45, 2.75) is 58.5 Å². The maximum Gasteiger partial charge on any atom is 0.550 e. The minimum atomic E-state index is -1.67. The first kappa shape index (κ1) is 14.6. The number of ether oxygens (including phenoxy) is 1. The lowest BCUT2D eigenvalue weighted by atomic mass is 9.70. The van der Waals surface area contributed by atoms with Crippen LogP contribution in [-0.4, -0.2) is 23.5 Å². The van der Waals surface area contributed by atoms with E-state index >= 15 is 0 Å². The molecule has 6 nitrogen and oxygen atoms in total. The van der Waals surface area contributed by atoms with Gasteiger partial charge in [0.25, 0.3) is 0 Å². The third-order valence-corrected chi connectivity index (χ3v) is 3.94. The summed E-state index contributed by atoms with van der Waals surface area (Å²) in [6.45, 7) is 4.36. The van der Waals surface area contributed by atoms with Gasteiger partial charge in [0.15, 0.2) is 0 Å². The first-order chi connectivity index (χ1) is 8.51. The van der Waals surface area contributed by atoms with Crippen molar-refractivity contribution in [2.75, 3.05) is 0 Å². The molecule has 1 N–H and O–H groups in total. The molecule has 0 aromatic carbocycles. The maximum atomic E-state index is 11.1. The van der Waals surface area contributed by atoms with Gasteiger partial charge in [0.05, 0.1) is 0 Å². The Morgan fingerprint density at radius 2 is 1.72 bits per heavy atom. The minimum absolute atomic E-state index is 0.207. The molecular weight excluding hydrogens is 240 g/mol. The van der Waals surface area contributed by atoms with E-state index in [1.54, 1.807) is 0 Å². The van der Waals surface area contributed by atoms with Crippen LogP contribution in [0.1, 0.15) is 52.4 Å². The third kappa shape index (κ3) is 4.09. The van der Waals surface area contributed by atoms with Crippen LogP contribution >= 0.6 is 0 Å². The highest BCUT2D eigenvalue weighted by Gasteiger charge is 2.34. The molecule has 0 atom stereocenters. The van der Waals surface area contributed by atoms with Crippen LogP contribution in [0.5, 0.6) is 0 Å². The Bertz CT molecular complexity index is 287. The first-order valence-electron chi connectivity index (χ1n) is 6.29. The van der Waals surface area contributed by atoms with E-state index in [9.17, 15) is 9.59 Å². The Kier molecular flexibility index (Phi) is 5.25. The Hall–Kier alpha value is -1.46. The molecule has 0 bridgehead atoms. The van der Waals surface area contributed by atoms with E-state index in [4.69, 9.17) is 9.84 Å². The average molecular weight is 260 g/mol. The van der Waals surface area contributed by atoms with Crippen molar-refractivity contribution in [2.24, 2.45) is 5.41 Å². The molecule has 1 saturated carbocycles. The summed E-state index contributed by atoms with van der Waals surface area (Å²) >= 11 is 0. The van der Waals surface area contributed by atoms with Gasteiger partial charge >= 0.3 is 12.3 Å². The van der Waals surface area contributed by atoms with Crippen molar-refractivity contribution < 1.29 is 29.2 Å². The number of hydrogen-bond acceptors (Lipinski definition) is 5. The second-order valence-electron chi connectivity index (χ2n) is 4.71. The van der Waals surface area contributed by atoms with E-state index in [0.29, 0.717) is 5.41 Å². The summed E-state index contributed by atoms with van der Waals surface area (Å²) in [5.74, 6) is 0. The fourth-order valence-electron chi connectivity index (χ4n) is 2.50. The van der Waals surface area contributed by atoms with E-state index in [0.717, 1.165) is 38.5 Å². The molecule has 0 saturated heterocycles. The largest absolute Gasteiger partial charge is 0.550 e. The number of carbonyl (C=O) groups is 2. The number of hydrogen-bond donors (Lipinski definition) is 1. The lowest BCUT2D eigenvalue weighted by Gasteiger charge is -2.38. The highest BCUT2D eigenvalue weighted by Crippen LogP contribution is 2.42. The highest BCUT2D eigenvalue weighted by atomic mass is 17.3. The van der Waals surface area contributed by atoms with Gasteiger partial charge in [-0.1, -0.05) is 26.7 Å². The summed E-state index contributed by atoms with van der Waals surface area (Å²) in [5, 5.41) is 8.15. The van der Waals surface area contributed by atoms with Crippen molar-refractivity contribution in [1.29, 1.82) is 0 Å². The maximum absolute atomic E-state index is 11.1. The molecule has 1 aliphatic carbocycles. The molecule has 6 heteroatoms. The molecule has 0 aromatic heterocycles. The monoisotopic (exact) mass is 260 g/mol. The van der Waals surface area contributed by atoms with Crippen molar-refractivity contribution in [1.82, 2.24) is 0 Å². The van der Waals surface area contributed by atoms with E-state index in [1.807, 2.05) is 0 Å². The number of rotatable bonds is 3. The first-order valence-corrected chi connectivity index (χ1v) is 6.29. The molecule has 0 heterocycles. The highest BCUT2D eigenvalue weighted by molar-refractivity contribution is 5.62. The van der Waals surface area contributed by atoms with E-state index < -0.39 is 12.3 Å². The molecule has 1 fully saturated rings. The molecule has 0 unspecified atom stereocenters. The Labute approximate surface area is 106 Å². The van der Waals surface area contributed by atoms with Gasteiger partial charge in [-0.25, -0.2) is 9.68 Å². The normalized spacial score (nSPS) is 19.0. The summed E-state index contributed by atoms with van der Waals surface area (Å²) in [6, 6.07) is 0. The fraction of sp³-hybridized carbons (Fsp3) is 0.833. The zero-order valence-electron chi connectivity index (χ0n) is 10.8. The molecule has 104 valence electrons. The molecule has 0 radical (unpaired) electrons. The summed E-state index contributed by atoms with van der Waals surface area (Å²) in [5.41, 5.74) is 0.362. The second-order valence-corrected chi connectivity index (χ2v) is 4.71. The second kappa shape index (κ2) is 6.47. The van der Waals surface area contributed by atoms with Gasteiger partial charge in [-0.05, 0) is 31.1 Å². The molecule has 0 aliphatic heterocycles. The molecule has 1 rings (SSSR count). The molecule has 0 spiro atoms. The van der Waals surface area contributed by atoms with Crippen LogP contribution in [0.25, 0.3) is 0 Å². The zero-order valence-corrected chi connectivity index (χ0v) is 10.8. The van der Waals surface area contributed by atoms with Gasteiger partial charge in [0.2, 0.25) is 0 Å². The standard InChI is InChI=1S/C12H20O6/c1-3-12(4-2)7-5-9(6-8-12)16-11(15)18-17-10(13)14/h9H,3-8H2,1-2H3,(H,13,14). The molecule has 0 amide bonds. The average Bonchev–Trinajstić information content (AvgIpc) is 2.38. The van der Waals surface area contributed by atoms with Crippen LogP contribution < -0.4 is 0 Å². The SMILES string of the molecule is CCC1(CC)CCC(OC(=O)OOC(=O)O)CC1. The van der Waals surface area contributed by atoms with Gasteiger partial charge < -0.3 is 9.84 Å². The lowest BCUT2D eigenvalue weighted by molar-refractivity contribution is -0.218. The van der Waals surface area contributed by atoms with Crippen molar-refractivity contribution in [3.8, 4) is 0 Å². The number of carboxylic acid groups (broad SMARTS) is 1. The predicted molar refractivity (Wildman–Crippen MR) is 61.9 cm³/mol. The Morgan fingerprint density at radius 3 is 2.17 bits per heavy atom. The van der Waals surface area contributed by atoms with Crippen molar-refractivity contribution in [3.63, 3.8) is 0 Å². The quantitative estimate of drug-likeness (QED) is 0.475. The fourth-order valence-corrected chi connectivity index (χ4v) is 2.50. The number of carbonyl (C=O) groups excluding carboxylic acids is 1. The lowest BCUT2D eigenvalue weighted by Crippen LogP contribution is -2.31. The van der Waals surface area contributed by atoms with E-state index in [1.165, 1.54) is 0 Å². The summed E-state index contributed by atoms with van der Waals surface area (Å²) in [7, 11) is 0. The predicted octanol–water partition coefficient (Wildman–Crippen LogP) is 3.50. The summed E-state index contributed by atoms with van der Waals surface area (Å²) in [6.07, 6.45) is 2.87. The zero-order chi connectivity index (χ0) is 13.6. The summed E-state index contributed by atoms with van der Waals surface area (Å²) < 4.78 is 4.97. The van der Waals surface area contributed by atoms with Gasteiger partial charge in [-0.3, -0.25) is 0 Å². The topological polar surface area (TPSA) is 82.1 Å². The van der Waals surface area contributed by atoms with Gasteiger partial charge in [0, 0.05) is 0 Å². The van der Waals surface area contributed by atoms with Crippen molar-refractivity contribution >= 4 is 12.3 Å². The van der Waals surface area contributed by atoms with Gasteiger partial charge in [-0.2, -0.15) is 9.68 Å². The van der Waals surface area contributed by atoms with Crippen LogP contribution in [0.3, 0.4) is 0 Å². The third-order valence-electron chi connectivity index (χ3n) is 3.94. The molecule has 1 aliphatic rings. The van der Waals surface area contributed by atoms with Crippen LogP contribution in [0.2, 0.25) is 0 Å². The van der Waals surface area contributed by atoms with E-state index in [2.05, 4.69) is 23.6 Å². The van der Waals surface area contributed by atoms with Gasteiger partial charge in [-0.15, -0.1) is 0 Å².